The van der Waals surface area contributed by atoms with Crippen molar-refractivity contribution in [1.82, 2.24) is 24.1 Å². The molecule has 0 saturated carbocycles. The van der Waals surface area contributed by atoms with E-state index in [9.17, 15) is 9.59 Å². The lowest BCUT2D eigenvalue weighted by molar-refractivity contribution is 0.100. The van der Waals surface area contributed by atoms with E-state index in [4.69, 9.17) is 16.6 Å². The second-order valence-electron chi connectivity index (χ2n) is 7.53. The molecule has 180 valence electrons. The Labute approximate surface area is 205 Å². The fourth-order valence-corrected chi connectivity index (χ4v) is 3.74. The third kappa shape index (κ3) is 4.64. The van der Waals surface area contributed by atoms with Crippen LogP contribution in [0.15, 0.2) is 71.8 Å². The maximum Gasteiger partial charge on any atom is 0.267 e. The number of primary amides is 1. The average Bonchev–Trinajstić information content (AvgIpc) is 3.24. The predicted molar refractivity (Wildman–Crippen MR) is 137 cm³/mol. The number of amides is 1. The summed E-state index contributed by atoms with van der Waals surface area (Å²) in [5.74, 6) is 5.64. The van der Waals surface area contributed by atoms with E-state index in [-0.39, 0.29) is 23.5 Å². The summed E-state index contributed by atoms with van der Waals surface area (Å²) in [6.45, 7) is 1.73. The minimum absolute atomic E-state index is 0.103. The van der Waals surface area contributed by atoms with Crippen LogP contribution in [0.3, 0.4) is 0 Å². The van der Waals surface area contributed by atoms with Crippen molar-refractivity contribution >= 4 is 28.3 Å². The van der Waals surface area contributed by atoms with Crippen LogP contribution in [0.4, 0.5) is 5.82 Å². The van der Waals surface area contributed by atoms with E-state index in [0.29, 0.717) is 34.4 Å². The van der Waals surface area contributed by atoms with E-state index >= 15 is 0 Å². The maximum absolute atomic E-state index is 13.1. The van der Waals surface area contributed by atoms with E-state index < -0.39 is 5.91 Å². The molecule has 10 heteroatoms. The monoisotopic (exact) mass is 481 g/mol. The number of aliphatic hydroxyl groups is 1. The molecule has 1 amide bonds. The average molecular weight is 482 g/mol. The van der Waals surface area contributed by atoms with Crippen molar-refractivity contribution in [2.45, 2.75) is 13.3 Å². The Balaban J connectivity index is 0.000000197. The van der Waals surface area contributed by atoms with E-state index in [2.05, 4.69) is 26.9 Å². The van der Waals surface area contributed by atoms with E-state index in [1.807, 2.05) is 49.4 Å². The molecular formula is C26H23N7O3. The highest BCUT2D eigenvalue weighted by Gasteiger charge is 2.15. The Morgan fingerprint density at radius 2 is 1.89 bits per heavy atom. The zero-order valence-electron chi connectivity index (χ0n) is 19.4. The van der Waals surface area contributed by atoms with Gasteiger partial charge in [0.25, 0.3) is 11.5 Å². The van der Waals surface area contributed by atoms with E-state index in [1.54, 1.807) is 29.1 Å². The minimum atomic E-state index is -0.619. The molecule has 10 nitrogen and oxygen atoms in total. The summed E-state index contributed by atoms with van der Waals surface area (Å²) in [6, 6.07) is 16.6. The van der Waals surface area contributed by atoms with Crippen molar-refractivity contribution in [2.24, 2.45) is 5.73 Å². The highest BCUT2D eigenvalue weighted by Crippen LogP contribution is 2.17. The molecule has 2 aromatic carbocycles. The van der Waals surface area contributed by atoms with Gasteiger partial charge < -0.3 is 16.6 Å². The molecule has 0 aliphatic carbocycles. The molecule has 0 fully saturated rings. The van der Waals surface area contributed by atoms with Crippen LogP contribution in [0.25, 0.3) is 22.2 Å². The fourth-order valence-electron chi connectivity index (χ4n) is 3.74. The number of nitrogens with zero attached hydrogens (tertiary/aromatic N) is 5. The number of aryl methyl sites for hydroxylation is 1. The van der Waals surface area contributed by atoms with Crippen LogP contribution >= 0.6 is 0 Å². The van der Waals surface area contributed by atoms with Crippen molar-refractivity contribution < 1.29 is 9.90 Å². The van der Waals surface area contributed by atoms with Gasteiger partial charge in [0.05, 0.1) is 16.6 Å². The maximum atomic E-state index is 13.1. The van der Waals surface area contributed by atoms with Crippen LogP contribution in [0, 0.1) is 11.8 Å². The molecule has 5 rings (SSSR count). The number of fused-ring (bicyclic) bond motifs is 2. The smallest absolute Gasteiger partial charge is 0.267 e. The second-order valence-corrected chi connectivity index (χ2v) is 7.53. The number of nitrogen functional groups attached to an aromatic ring is 1. The number of carbonyl (C=O) groups is 1. The quantitative estimate of drug-likeness (QED) is 0.331. The Hall–Kier alpha value is -5.01. The number of aromatic nitrogens is 5. The lowest BCUT2D eigenvalue weighted by Gasteiger charge is -2.13. The molecule has 0 bridgehead atoms. The summed E-state index contributed by atoms with van der Waals surface area (Å²) in [7, 11) is 0. The standard InChI is InChI=1S/C19H16N2O2.C7H7N5O/c1-2-17-20-16-12-6-8-14(9-7-13-22)18(16)19(23)21(17)15-10-4-3-5-11-15;8-5-4(6(9)13)7-10-2-1-3-12(7)11-5/h3-6,8,10-12,22H,2,13H2,1H3;1-3H,(H2,8,11)(H2,9,13). The summed E-state index contributed by atoms with van der Waals surface area (Å²) in [5.41, 5.74) is 13.0. The van der Waals surface area contributed by atoms with Gasteiger partial charge in [-0.2, -0.15) is 0 Å². The number of benzene rings is 2. The van der Waals surface area contributed by atoms with Crippen LogP contribution in [0.1, 0.15) is 28.7 Å². The Kier molecular flexibility index (Phi) is 7.04. The molecule has 36 heavy (non-hydrogen) atoms. The minimum Gasteiger partial charge on any atom is -0.384 e. The highest BCUT2D eigenvalue weighted by atomic mass is 16.2. The van der Waals surface area contributed by atoms with Gasteiger partial charge in [-0.1, -0.05) is 43.0 Å². The Morgan fingerprint density at radius 3 is 2.58 bits per heavy atom. The Morgan fingerprint density at radius 1 is 1.11 bits per heavy atom. The van der Waals surface area contributed by atoms with E-state index in [0.717, 1.165) is 5.69 Å². The van der Waals surface area contributed by atoms with Crippen LogP contribution in [0.5, 0.6) is 0 Å². The first kappa shape index (κ1) is 24.1. The van der Waals surface area contributed by atoms with Gasteiger partial charge in [0, 0.05) is 24.4 Å². The number of hydrogen-bond acceptors (Lipinski definition) is 7. The van der Waals surface area contributed by atoms with Crippen molar-refractivity contribution in [1.29, 1.82) is 0 Å². The molecule has 0 saturated heterocycles. The Bertz CT molecular complexity index is 1680. The second kappa shape index (κ2) is 10.5. The van der Waals surface area contributed by atoms with Gasteiger partial charge in [-0.3, -0.25) is 14.2 Å². The first-order chi connectivity index (χ1) is 17.5. The zero-order valence-corrected chi connectivity index (χ0v) is 19.4. The molecule has 3 heterocycles. The molecule has 3 aromatic heterocycles. The molecule has 0 atom stereocenters. The predicted octanol–water partition coefficient (Wildman–Crippen LogP) is 1.70. The van der Waals surface area contributed by atoms with Crippen molar-refractivity contribution in [3.8, 4) is 17.5 Å². The number of nitrogens with two attached hydrogens (primary N) is 2. The van der Waals surface area contributed by atoms with Crippen molar-refractivity contribution in [3.63, 3.8) is 0 Å². The van der Waals surface area contributed by atoms with Gasteiger partial charge in [-0.25, -0.2) is 14.5 Å². The molecule has 0 unspecified atom stereocenters. The third-order valence-corrected chi connectivity index (χ3v) is 5.27. The van der Waals surface area contributed by atoms with Crippen molar-refractivity contribution in [3.05, 3.63) is 94.3 Å². The van der Waals surface area contributed by atoms with Crippen LogP contribution in [-0.4, -0.2) is 41.8 Å². The lowest BCUT2D eigenvalue weighted by atomic mass is 10.1. The number of rotatable bonds is 3. The SMILES string of the molecule is CCc1nc2cccc(C#CCO)c2c(=O)n1-c1ccccc1.NC(=O)c1c(N)nn2cccnc12. The normalized spacial score (nSPS) is 10.4. The molecule has 0 radical (unpaired) electrons. The molecule has 0 spiro atoms. The zero-order chi connectivity index (χ0) is 25.7. The molecule has 5 aromatic rings. The summed E-state index contributed by atoms with van der Waals surface area (Å²) < 4.78 is 3.04. The largest absolute Gasteiger partial charge is 0.384 e. The number of hydrogen-bond donors (Lipinski definition) is 3. The topological polar surface area (TPSA) is 154 Å². The molecule has 5 N–H and O–H groups in total. The van der Waals surface area contributed by atoms with Crippen LogP contribution in [-0.2, 0) is 6.42 Å². The lowest BCUT2D eigenvalue weighted by Crippen LogP contribution is -2.24. The molecule has 0 aliphatic rings. The summed E-state index contributed by atoms with van der Waals surface area (Å²) in [5, 5.41) is 13.3. The first-order valence-corrected chi connectivity index (χ1v) is 11.0. The molecular weight excluding hydrogens is 458 g/mol. The molecule has 0 aliphatic heterocycles. The van der Waals surface area contributed by atoms with Gasteiger partial charge in [0.15, 0.2) is 11.5 Å². The summed E-state index contributed by atoms with van der Waals surface area (Å²) >= 11 is 0. The van der Waals surface area contributed by atoms with Gasteiger partial charge in [0.2, 0.25) is 0 Å². The third-order valence-electron chi connectivity index (χ3n) is 5.27. The number of carbonyl (C=O) groups excluding carboxylic acids is 1. The number of aliphatic hydroxyl groups excluding tert-OH is 1. The fraction of sp³-hybridized carbons (Fsp3) is 0.115. The van der Waals surface area contributed by atoms with Gasteiger partial charge >= 0.3 is 0 Å². The van der Waals surface area contributed by atoms with Crippen LogP contribution < -0.4 is 17.0 Å². The summed E-state index contributed by atoms with van der Waals surface area (Å²) in [4.78, 5) is 32.6. The first-order valence-electron chi connectivity index (χ1n) is 11.0. The van der Waals surface area contributed by atoms with Gasteiger partial charge in [0.1, 0.15) is 18.0 Å². The van der Waals surface area contributed by atoms with E-state index in [1.165, 1.54) is 4.52 Å². The van der Waals surface area contributed by atoms with Crippen LogP contribution in [0.2, 0.25) is 0 Å². The summed E-state index contributed by atoms with van der Waals surface area (Å²) in [6.07, 6.45) is 3.83. The van der Waals surface area contributed by atoms with Crippen molar-refractivity contribution in [2.75, 3.05) is 12.3 Å². The number of para-hydroxylation sites is 1. The van der Waals surface area contributed by atoms with Gasteiger partial charge in [-0.05, 0) is 30.3 Å². The highest BCUT2D eigenvalue weighted by molar-refractivity contribution is 6.03. The number of anilines is 1. The van der Waals surface area contributed by atoms with Gasteiger partial charge in [-0.15, -0.1) is 5.10 Å².